The predicted molar refractivity (Wildman–Crippen MR) is 81.2 cm³/mol. The first-order valence-electron chi connectivity index (χ1n) is 5.65. The molecule has 4 N–H and O–H groups in total. The summed E-state index contributed by atoms with van der Waals surface area (Å²) in [6, 6.07) is 5.74. The van der Waals surface area contributed by atoms with Crippen molar-refractivity contribution in [1.82, 2.24) is 0 Å². The van der Waals surface area contributed by atoms with E-state index in [1.54, 1.807) is 0 Å². The monoisotopic (exact) mass is 358 g/mol. The molecular formula is C12H20BrKN2OS. The molecule has 1 saturated carbocycles. The van der Waals surface area contributed by atoms with Gasteiger partial charge >= 0.3 is 51.4 Å². The van der Waals surface area contributed by atoms with E-state index in [-0.39, 0.29) is 51.4 Å². The molecule has 3 nitrogen and oxygen atoms in total. The Morgan fingerprint density at radius 2 is 1.61 bits per heavy atom. The first kappa shape index (κ1) is 21.5. The molecule has 1 aromatic rings. The third-order valence-corrected chi connectivity index (χ3v) is 3.03. The number of benzene rings is 1. The van der Waals surface area contributed by atoms with E-state index in [4.69, 9.17) is 10.3 Å². The molecule has 1 aromatic carbocycles. The van der Waals surface area contributed by atoms with Crippen LogP contribution in [-0.4, -0.2) is 11.6 Å². The van der Waals surface area contributed by atoms with Gasteiger partial charge < -0.3 is 28.5 Å². The molecule has 0 spiro atoms. The van der Waals surface area contributed by atoms with E-state index in [9.17, 15) is 0 Å². The fourth-order valence-corrected chi connectivity index (χ4v) is 2.02. The van der Waals surface area contributed by atoms with Crippen molar-refractivity contribution in [2.24, 2.45) is 0 Å². The number of nitrogen functional groups attached to an aromatic ring is 1. The van der Waals surface area contributed by atoms with Crippen molar-refractivity contribution < 1.29 is 55.9 Å². The van der Waals surface area contributed by atoms with E-state index in [1.165, 1.54) is 32.1 Å². The molecule has 0 amide bonds. The molecule has 0 radical (unpaired) electrons. The largest absolute Gasteiger partial charge is 1.00 e. The minimum absolute atomic E-state index is 0. The number of nitrogens with one attached hydrogen (secondary N) is 1. The molecular weight excluding hydrogens is 339 g/mol. The summed E-state index contributed by atoms with van der Waals surface area (Å²) in [6.07, 6.45) is 7.50. The number of hydrogen-bond donors (Lipinski definition) is 3. The fraction of sp³-hybridized carbons (Fsp3) is 0.500. The van der Waals surface area contributed by atoms with E-state index in [0.29, 0.717) is 0 Å². The third-order valence-electron chi connectivity index (χ3n) is 2.53. The van der Waals surface area contributed by atoms with Crippen molar-refractivity contribution in [3.8, 4) is 0 Å². The second-order valence-corrected chi connectivity index (χ2v) is 4.67. The molecule has 1 fully saturated rings. The van der Waals surface area contributed by atoms with Gasteiger partial charge in [-0.3, -0.25) is 0 Å². The van der Waals surface area contributed by atoms with Crippen LogP contribution in [0.3, 0.4) is 0 Å². The van der Waals surface area contributed by atoms with Crippen molar-refractivity contribution in [2.45, 2.75) is 32.1 Å². The Morgan fingerprint density at radius 1 is 1.17 bits per heavy atom. The summed E-state index contributed by atoms with van der Waals surface area (Å²) in [7, 11) is 1.85. The van der Waals surface area contributed by atoms with Crippen molar-refractivity contribution in [3.05, 3.63) is 22.7 Å². The Labute approximate surface area is 166 Å². The second-order valence-electron chi connectivity index (χ2n) is 3.75. The van der Waals surface area contributed by atoms with Gasteiger partial charge in [-0.1, -0.05) is 48.0 Å². The molecule has 0 saturated heterocycles. The summed E-state index contributed by atoms with van der Waals surface area (Å²) in [6.45, 7) is 0. The van der Waals surface area contributed by atoms with Crippen molar-refractivity contribution in [2.75, 3.05) is 18.1 Å². The SMILES string of the molecule is C1CCCC1.CNc1ccc(Br)cc1N.O[S-].[K+]. The predicted octanol–water partition coefficient (Wildman–Crippen LogP) is 1.03. The topological polar surface area (TPSA) is 58.3 Å². The molecule has 0 aromatic heterocycles. The van der Waals surface area contributed by atoms with E-state index < -0.39 is 0 Å². The number of hydrogen-bond acceptors (Lipinski definition) is 4. The van der Waals surface area contributed by atoms with Gasteiger partial charge in [0, 0.05) is 11.5 Å². The molecule has 0 bridgehead atoms. The molecule has 1 aliphatic rings. The van der Waals surface area contributed by atoms with Gasteiger partial charge in [0.15, 0.2) is 0 Å². The standard InChI is InChI=1S/C7H9BrN2.C5H10.K.H2OS/c1-10-7-3-2-5(8)4-6(7)9;1-2-4-5-3-1;;1-2/h2-4,10H,9H2,1H3;1-5H2;;1-2H/q;;+1;/p-1. The van der Waals surface area contributed by atoms with Crippen molar-refractivity contribution in [3.63, 3.8) is 0 Å². The second kappa shape index (κ2) is 14.7. The van der Waals surface area contributed by atoms with Crippen LogP contribution in [0.15, 0.2) is 22.7 Å². The maximum Gasteiger partial charge on any atom is 1.00 e. The molecule has 0 heterocycles. The van der Waals surface area contributed by atoms with Crippen molar-refractivity contribution in [1.29, 1.82) is 0 Å². The Morgan fingerprint density at radius 3 is 1.94 bits per heavy atom. The maximum absolute atomic E-state index is 6.58. The van der Waals surface area contributed by atoms with Gasteiger partial charge in [-0.2, -0.15) is 0 Å². The minimum atomic E-state index is 0. The number of halogens is 1. The van der Waals surface area contributed by atoms with Gasteiger partial charge in [-0.25, -0.2) is 0 Å². The van der Waals surface area contributed by atoms with Gasteiger partial charge in [-0.15, -0.1) is 0 Å². The normalized spacial score (nSPS) is 12.2. The smallest absolute Gasteiger partial charge is 0.628 e. The van der Waals surface area contributed by atoms with Crippen LogP contribution >= 0.6 is 15.9 Å². The Balaban J connectivity index is 0. The number of anilines is 2. The summed E-state index contributed by atoms with van der Waals surface area (Å²) in [5.74, 6) is 0. The van der Waals surface area contributed by atoms with Crippen LogP contribution in [0.1, 0.15) is 32.1 Å². The van der Waals surface area contributed by atoms with E-state index in [2.05, 4.69) is 34.2 Å². The number of rotatable bonds is 1. The zero-order chi connectivity index (χ0) is 13.1. The Hall–Kier alpha value is 1.25. The van der Waals surface area contributed by atoms with Crippen molar-refractivity contribution >= 4 is 40.2 Å². The molecule has 1 aliphatic carbocycles. The first-order valence-corrected chi connectivity index (χ1v) is 6.81. The van der Waals surface area contributed by atoms with Gasteiger partial charge in [-0.05, 0) is 18.2 Å². The maximum atomic E-state index is 6.58. The van der Waals surface area contributed by atoms with E-state index in [1.807, 2.05) is 25.2 Å². The Kier molecular flexibility index (Phi) is 17.5. The Bertz CT molecular complexity index is 305. The average molecular weight is 359 g/mol. The van der Waals surface area contributed by atoms with Gasteiger partial charge in [0.2, 0.25) is 0 Å². The van der Waals surface area contributed by atoms with E-state index in [0.717, 1.165) is 15.8 Å². The average Bonchev–Trinajstić information content (AvgIpc) is 2.90. The zero-order valence-electron chi connectivity index (χ0n) is 11.1. The molecule has 0 atom stereocenters. The quantitative estimate of drug-likeness (QED) is 0.398. The van der Waals surface area contributed by atoms with E-state index >= 15 is 0 Å². The molecule has 6 heteroatoms. The van der Waals surface area contributed by atoms with Gasteiger partial charge in [0.25, 0.3) is 0 Å². The first-order chi connectivity index (χ1) is 8.24. The number of nitrogens with two attached hydrogens (primary N) is 1. The molecule has 18 heavy (non-hydrogen) atoms. The van der Waals surface area contributed by atoms with Gasteiger partial charge in [0.1, 0.15) is 0 Å². The van der Waals surface area contributed by atoms with Crippen LogP contribution in [0.2, 0.25) is 0 Å². The van der Waals surface area contributed by atoms with Crippen LogP contribution in [0.25, 0.3) is 0 Å². The van der Waals surface area contributed by atoms with Crippen LogP contribution < -0.4 is 62.4 Å². The molecule has 2 rings (SSSR count). The van der Waals surface area contributed by atoms with Crippen LogP contribution in [-0.2, 0) is 12.9 Å². The van der Waals surface area contributed by atoms with Gasteiger partial charge in [0.05, 0.1) is 11.4 Å². The third kappa shape index (κ3) is 10.1. The fourth-order valence-electron chi connectivity index (χ4n) is 1.65. The van der Waals surface area contributed by atoms with Crippen LogP contribution in [0.5, 0.6) is 0 Å². The molecule has 98 valence electrons. The molecule has 0 aliphatic heterocycles. The summed E-state index contributed by atoms with van der Waals surface area (Å²) >= 11 is 6.40. The summed E-state index contributed by atoms with van der Waals surface area (Å²) in [5.41, 5.74) is 7.36. The van der Waals surface area contributed by atoms with Crippen LogP contribution in [0.4, 0.5) is 11.4 Å². The minimum Gasteiger partial charge on any atom is -0.628 e. The summed E-state index contributed by atoms with van der Waals surface area (Å²) in [5, 5.41) is 2.98. The zero-order valence-corrected chi connectivity index (χ0v) is 16.6. The molecule has 0 unspecified atom stereocenters. The van der Waals surface area contributed by atoms with Crippen LogP contribution in [0, 0.1) is 0 Å². The summed E-state index contributed by atoms with van der Waals surface area (Å²) in [4.78, 5) is 0. The summed E-state index contributed by atoms with van der Waals surface area (Å²) < 4.78 is 7.59.